The minimum Gasteiger partial charge on any atom is -0.326 e. The third kappa shape index (κ3) is 4.62. The summed E-state index contributed by atoms with van der Waals surface area (Å²) in [6.45, 7) is 5.32. The van der Waals surface area contributed by atoms with Gasteiger partial charge in [-0.2, -0.15) is 0 Å². The fourth-order valence-electron chi connectivity index (χ4n) is 2.41. The van der Waals surface area contributed by atoms with Gasteiger partial charge in [0.15, 0.2) is 11.6 Å². The van der Waals surface area contributed by atoms with Crippen LogP contribution in [0.25, 0.3) is 0 Å². The van der Waals surface area contributed by atoms with E-state index in [1.807, 2.05) is 32.0 Å². The summed E-state index contributed by atoms with van der Waals surface area (Å²) in [7, 11) is 0. The van der Waals surface area contributed by atoms with Crippen LogP contribution in [0.2, 0.25) is 0 Å². The summed E-state index contributed by atoms with van der Waals surface area (Å²) < 4.78 is 0. The van der Waals surface area contributed by atoms with Crippen molar-refractivity contribution in [2.45, 2.75) is 33.6 Å². The lowest BCUT2D eigenvalue weighted by Gasteiger charge is -2.08. The van der Waals surface area contributed by atoms with Gasteiger partial charge in [-0.15, -0.1) is 0 Å². The average Bonchev–Trinajstić information content (AvgIpc) is 2.55. The van der Waals surface area contributed by atoms with Gasteiger partial charge in [-0.1, -0.05) is 17.7 Å². The normalized spacial score (nSPS) is 10.3. The van der Waals surface area contributed by atoms with E-state index in [1.54, 1.807) is 24.3 Å². The highest BCUT2D eigenvalue weighted by molar-refractivity contribution is 6.01. The molecule has 0 saturated carbocycles. The smallest absolute Gasteiger partial charge is 0.224 e. The zero-order chi connectivity index (χ0) is 17.7. The van der Waals surface area contributed by atoms with Gasteiger partial charge in [-0.05, 0) is 56.7 Å². The Morgan fingerprint density at radius 3 is 2.21 bits per heavy atom. The molecule has 2 aromatic carbocycles. The van der Waals surface area contributed by atoms with Crippen LogP contribution in [0.4, 0.5) is 5.69 Å². The summed E-state index contributed by atoms with van der Waals surface area (Å²) in [6, 6.07) is 12.4. The first-order valence-corrected chi connectivity index (χ1v) is 7.88. The van der Waals surface area contributed by atoms with Crippen molar-refractivity contribution in [2.24, 2.45) is 0 Å². The molecule has 1 N–H and O–H groups in total. The van der Waals surface area contributed by atoms with Crippen molar-refractivity contribution in [3.8, 4) is 0 Å². The van der Waals surface area contributed by atoms with Gasteiger partial charge < -0.3 is 5.32 Å². The van der Waals surface area contributed by atoms with Gasteiger partial charge in [0.1, 0.15) is 0 Å². The molecule has 0 aliphatic rings. The van der Waals surface area contributed by atoms with Crippen molar-refractivity contribution in [2.75, 3.05) is 5.32 Å². The number of carbonyl (C=O) groups is 3. The number of carbonyl (C=O) groups excluding carboxylic acids is 3. The van der Waals surface area contributed by atoms with Crippen LogP contribution in [0.1, 0.15) is 51.6 Å². The standard InChI is InChI=1S/C20H21NO3/c1-13-4-5-14(2)18(12-13)19(23)10-11-20(24)21-17-8-6-16(7-9-17)15(3)22/h4-9,12H,10-11H2,1-3H3,(H,21,24). The molecule has 0 aliphatic carbocycles. The largest absolute Gasteiger partial charge is 0.326 e. The number of ketones is 2. The fourth-order valence-corrected chi connectivity index (χ4v) is 2.41. The van der Waals surface area contributed by atoms with E-state index in [0.717, 1.165) is 11.1 Å². The van der Waals surface area contributed by atoms with Crippen molar-refractivity contribution in [3.63, 3.8) is 0 Å². The predicted molar refractivity (Wildman–Crippen MR) is 94.6 cm³/mol. The zero-order valence-electron chi connectivity index (χ0n) is 14.2. The lowest BCUT2D eigenvalue weighted by atomic mass is 9.99. The highest BCUT2D eigenvalue weighted by Crippen LogP contribution is 2.15. The van der Waals surface area contributed by atoms with Crippen LogP contribution < -0.4 is 5.32 Å². The van der Waals surface area contributed by atoms with Gasteiger partial charge in [0.05, 0.1) is 0 Å². The Morgan fingerprint density at radius 1 is 0.917 bits per heavy atom. The molecule has 1 amide bonds. The van der Waals surface area contributed by atoms with E-state index in [9.17, 15) is 14.4 Å². The number of rotatable bonds is 6. The number of nitrogens with one attached hydrogen (secondary N) is 1. The summed E-state index contributed by atoms with van der Waals surface area (Å²) in [6.07, 6.45) is 0.294. The lowest BCUT2D eigenvalue weighted by Crippen LogP contribution is -2.14. The zero-order valence-corrected chi connectivity index (χ0v) is 14.2. The van der Waals surface area contributed by atoms with Crippen LogP contribution in [-0.4, -0.2) is 17.5 Å². The van der Waals surface area contributed by atoms with Crippen molar-refractivity contribution in [1.82, 2.24) is 0 Å². The number of aryl methyl sites for hydroxylation is 2. The number of Topliss-reactive ketones (excluding diaryl/α,β-unsaturated/α-hetero) is 2. The number of benzene rings is 2. The van der Waals surface area contributed by atoms with Crippen LogP contribution >= 0.6 is 0 Å². The average molecular weight is 323 g/mol. The second-order valence-corrected chi connectivity index (χ2v) is 5.92. The Bertz CT molecular complexity index is 776. The maximum Gasteiger partial charge on any atom is 0.224 e. The SMILES string of the molecule is CC(=O)c1ccc(NC(=O)CCC(=O)c2cc(C)ccc2C)cc1. The monoisotopic (exact) mass is 323 g/mol. The number of anilines is 1. The molecule has 24 heavy (non-hydrogen) atoms. The molecule has 0 aromatic heterocycles. The fraction of sp³-hybridized carbons (Fsp3) is 0.250. The first-order valence-electron chi connectivity index (χ1n) is 7.88. The third-order valence-electron chi connectivity index (χ3n) is 3.85. The van der Waals surface area contributed by atoms with Crippen molar-refractivity contribution in [3.05, 3.63) is 64.7 Å². The van der Waals surface area contributed by atoms with E-state index < -0.39 is 0 Å². The highest BCUT2D eigenvalue weighted by atomic mass is 16.2. The van der Waals surface area contributed by atoms with Crippen molar-refractivity contribution in [1.29, 1.82) is 0 Å². The number of amides is 1. The maximum absolute atomic E-state index is 12.3. The highest BCUT2D eigenvalue weighted by Gasteiger charge is 2.12. The molecule has 0 bridgehead atoms. The lowest BCUT2D eigenvalue weighted by molar-refractivity contribution is -0.116. The Balaban J connectivity index is 1.92. The first-order chi connectivity index (χ1) is 11.4. The molecule has 0 heterocycles. The summed E-state index contributed by atoms with van der Waals surface area (Å²) >= 11 is 0. The summed E-state index contributed by atoms with van der Waals surface area (Å²) in [5.74, 6) is -0.269. The van der Waals surface area contributed by atoms with E-state index >= 15 is 0 Å². The molecule has 4 nitrogen and oxygen atoms in total. The maximum atomic E-state index is 12.3. The minimum atomic E-state index is -0.218. The molecule has 4 heteroatoms. The molecule has 0 spiro atoms. The molecular formula is C20H21NO3. The van der Waals surface area contributed by atoms with E-state index in [2.05, 4.69) is 5.32 Å². The van der Waals surface area contributed by atoms with E-state index in [-0.39, 0.29) is 30.3 Å². The van der Waals surface area contributed by atoms with Crippen LogP contribution in [-0.2, 0) is 4.79 Å². The second-order valence-electron chi connectivity index (χ2n) is 5.92. The molecule has 124 valence electrons. The molecule has 0 aliphatic heterocycles. The molecule has 0 unspecified atom stereocenters. The van der Waals surface area contributed by atoms with Gasteiger partial charge in [0.2, 0.25) is 5.91 Å². The Labute approximate surface area is 141 Å². The number of hydrogen-bond acceptors (Lipinski definition) is 3. The van der Waals surface area contributed by atoms with Gasteiger partial charge in [0, 0.05) is 29.7 Å². The van der Waals surface area contributed by atoms with Crippen molar-refractivity contribution < 1.29 is 14.4 Å². The molecule has 2 rings (SSSR count). The minimum absolute atomic E-state index is 0.0213. The van der Waals surface area contributed by atoms with E-state index in [1.165, 1.54) is 6.92 Å². The molecule has 0 radical (unpaired) electrons. The first kappa shape index (κ1) is 17.6. The Kier molecular flexibility index (Phi) is 5.64. The second kappa shape index (κ2) is 7.68. The predicted octanol–water partition coefficient (Wildman–Crippen LogP) is 4.11. The quantitative estimate of drug-likeness (QED) is 0.814. The molecule has 2 aromatic rings. The third-order valence-corrected chi connectivity index (χ3v) is 3.85. The van der Waals surface area contributed by atoms with Crippen LogP contribution in [0.15, 0.2) is 42.5 Å². The number of hydrogen-bond donors (Lipinski definition) is 1. The molecule has 0 fully saturated rings. The summed E-state index contributed by atoms with van der Waals surface area (Å²) in [4.78, 5) is 35.5. The van der Waals surface area contributed by atoms with Gasteiger partial charge in [-0.3, -0.25) is 14.4 Å². The Morgan fingerprint density at radius 2 is 1.58 bits per heavy atom. The molecule has 0 saturated heterocycles. The van der Waals surface area contributed by atoms with Crippen molar-refractivity contribution >= 4 is 23.2 Å². The van der Waals surface area contributed by atoms with Crippen LogP contribution in [0.3, 0.4) is 0 Å². The van der Waals surface area contributed by atoms with Gasteiger partial charge in [0.25, 0.3) is 0 Å². The van der Waals surface area contributed by atoms with Crippen LogP contribution in [0.5, 0.6) is 0 Å². The van der Waals surface area contributed by atoms with Gasteiger partial charge >= 0.3 is 0 Å². The summed E-state index contributed by atoms with van der Waals surface area (Å²) in [5, 5.41) is 2.74. The summed E-state index contributed by atoms with van der Waals surface area (Å²) in [5.41, 5.74) is 3.83. The van der Waals surface area contributed by atoms with Crippen LogP contribution in [0, 0.1) is 13.8 Å². The van der Waals surface area contributed by atoms with Gasteiger partial charge in [-0.25, -0.2) is 0 Å². The van der Waals surface area contributed by atoms with E-state index in [4.69, 9.17) is 0 Å². The van der Waals surface area contributed by atoms with E-state index in [0.29, 0.717) is 16.8 Å². The Hall–Kier alpha value is -2.75. The topological polar surface area (TPSA) is 63.2 Å². The molecule has 0 atom stereocenters. The molecular weight excluding hydrogens is 302 g/mol.